The fourth-order valence-corrected chi connectivity index (χ4v) is 0.769. The molecule has 0 aliphatic carbocycles. The van der Waals surface area contributed by atoms with Gasteiger partial charge in [-0.3, -0.25) is 4.79 Å². The van der Waals surface area contributed by atoms with E-state index in [-0.39, 0.29) is 5.78 Å². The maximum atomic E-state index is 11.0. The molecule has 0 aromatic heterocycles. The molecule has 2 nitrogen and oxygen atoms in total. The van der Waals surface area contributed by atoms with Gasteiger partial charge in [0.05, 0.1) is 6.61 Å². The third-order valence-electron chi connectivity index (χ3n) is 1.42. The maximum absolute atomic E-state index is 11.0. The number of carbonyl (C=O) groups excluding carboxylic acids is 1. The molecule has 12 heavy (non-hydrogen) atoms. The van der Waals surface area contributed by atoms with Crippen molar-refractivity contribution in [1.29, 1.82) is 0 Å². The van der Waals surface area contributed by atoms with Gasteiger partial charge in [0.25, 0.3) is 0 Å². The summed E-state index contributed by atoms with van der Waals surface area (Å²) in [5.41, 5.74) is 0. The lowest BCUT2D eigenvalue weighted by Crippen LogP contribution is -2.04. The number of ketones is 1. The van der Waals surface area contributed by atoms with Crippen molar-refractivity contribution in [2.75, 3.05) is 13.2 Å². The summed E-state index contributed by atoms with van der Waals surface area (Å²) in [6, 6.07) is 0. The molecule has 0 aromatic rings. The first-order chi connectivity index (χ1) is 5.81. The summed E-state index contributed by atoms with van der Waals surface area (Å²) in [6.07, 6.45) is 7.56. The molecular formula is C10H16O2. The summed E-state index contributed by atoms with van der Waals surface area (Å²) < 4.78 is 5.16. The van der Waals surface area contributed by atoms with Crippen LogP contribution in [-0.4, -0.2) is 19.0 Å². The molecule has 0 radical (unpaired) electrons. The van der Waals surface area contributed by atoms with Crippen LogP contribution in [0.1, 0.15) is 32.6 Å². The van der Waals surface area contributed by atoms with Crippen molar-refractivity contribution in [2.24, 2.45) is 0 Å². The van der Waals surface area contributed by atoms with Gasteiger partial charge in [0.15, 0.2) is 0 Å². The van der Waals surface area contributed by atoms with E-state index < -0.39 is 0 Å². The van der Waals surface area contributed by atoms with E-state index in [9.17, 15) is 4.79 Å². The van der Waals surface area contributed by atoms with Crippen LogP contribution in [0.3, 0.4) is 0 Å². The van der Waals surface area contributed by atoms with E-state index in [0.29, 0.717) is 25.9 Å². The predicted molar refractivity (Wildman–Crippen MR) is 48.8 cm³/mol. The highest BCUT2D eigenvalue weighted by Crippen LogP contribution is 1.94. The van der Waals surface area contributed by atoms with Crippen LogP contribution in [0.25, 0.3) is 0 Å². The van der Waals surface area contributed by atoms with Crippen molar-refractivity contribution in [2.45, 2.75) is 32.6 Å². The highest BCUT2D eigenvalue weighted by molar-refractivity contribution is 5.78. The molecule has 0 fully saturated rings. The van der Waals surface area contributed by atoms with Crippen LogP contribution >= 0.6 is 0 Å². The summed E-state index contributed by atoms with van der Waals surface area (Å²) in [5, 5.41) is 0. The van der Waals surface area contributed by atoms with Gasteiger partial charge in [-0.15, -0.1) is 12.3 Å². The van der Waals surface area contributed by atoms with E-state index in [0.717, 1.165) is 13.0 Å². The fraction of sp³-hybridized carbons (Fsp3) is 0.700. The van der Waals surface area contributed by atoms with Gasteiger partial charge in [-0.1, -0.05) is 6.92 Å². The highest BCUT2D eigenvalue weighted by Gasteiger charge is 1.99. The van der Waals surface area contributed by atoms with Gasteiger partial charge in [0.1, 0.15) is 5.78 Å². The molecule has 0 amide bonds. The first-order valence-electron chi connectivity index (χ1n) is 4.34. The molecule has 0 rings (SSSR count). The zero-order valence-electron chi connectivity index (χ0n) is 7.64. The molecule has 0 atom stereocenters. The van der Waals surface area contributed by atoms with Gasteiger partial charge in [-0.2, -0.15) is 0 Å². The fourth-order valence-electron chi connectivity index (χ4n) is 0.769. The Bertz CT molecular complexity index is 156. The molecule has 0 spiro atoms. The van der Waals surface area contributed by atoms with Gasteiger partial charge in [0.2, 0.25) is 0 Å². The van der Waals surface area contributed by atoms with E-state index in [1.165, 1.54) is 0 Å². The second-order valence-electron chi connectivity index (χ2n) is 2.61. The van der Waals surface area contributed by atoms with Gasteiger partial charge in [-0.05, 0) is 6.42 Å². The Balaban J connectivity index is 3.15. The van der Waals surface area contributed by atoms with Crippen LogP contribution < -0.4 is 0 Å². The molecule has 2 heteroatoms. The number of hydrogen-bond acceptors (Lipinski definition) is 2. The zero-order valence-corrected chi connectivity index (χ0v) is 7.64. The molecule has 0 heterocycles. The molecule has 0 unspecified atom stereocenters. The summed E-state index contributed by atoms with van der Waals surface area (Å²) in [4.78, 5) is 11.0. The third kappa shape index (κ3) is 7.30. The second kappa shape index (κ2) is 8.29. The van der Waals surface area contributed by atoms with Crippen molar-refractivity contribution in [3.63, 3.8) is 0 Å². The number of terminal acetylenes is 1. The topological polar surface area (TPSA) is 26.3 Å². The van der Waals surface area contributed by atoms with Gasteiger partial charge < -0.3 is 4.74 Å². The monoisotopic (exact) mass is 168 g/mol. The Kier molecular flexibility index (Phi) is 7.73. The summed E-state index contributed by atoms with van der Waals surface area (Å²) in [7, 11) is 0. The Labute approximate surface area is 74.3 Å². The minimum atomic E-state index is 0.198. The van der Waals surface area contributed by atoms with Gasteiger partial charge in [-0.25, -0.2) is 0 Å². The molecule has 0 aliphatic rings. The standard InChI is InChI=1S/C10H16O2/c1-3-5-6-10(11)7-9-12-8-4-2/h1H,4-9H2,2H3. The second-order valence-corrected chi connectivity index (χ2v) is 2.61. The molecule has 0 aliphatic heterocycles. The minimum absolute atomic E-state index is 0.198. The van der Waals surface area contributed by atoms with Crippen LogP contribution in [0.15, 0.2) is 0 Å². The highest BCUT2D eigenvalue weighted by atomic mass is 16.5. The lowest BCUT2D eigenvalue weighted by Gasteiger charge is -2.00. The zero-order chi connectivity index (χ0) is 9.23. The lowest BCUT2D eigenvalue weighted by molar-refractivity contribution is -0.120. The summed E-state index contributed by atoms with van der Waals surface area (Å²) >= 11 is 0. The Morgan fingerprint density at radius 1 is 1.42 bits per heavy atom. The van der Waals surface area contributed by atoms with Crippen LogP contribution in [-0.2, 0) is 9.53 Å². The SMILES string of the molecule is C#CCCC(=O)CCOCCC. The summed E-state index contributed by atoms with van der Waals surface area (Å²) in [6.45, 7) is 3.32. The first kappa shape index (κ1) is 11.2. The number of Topliss-reactive ketones (excluding diaryl/α,β-unsaturated/α-hetero) is 1. The van der Waals surface area contributed by atoms with E-state index in [4.69, 9.17) is 11.2 Å². The predicted octanol–water partition coefficient (Wildman–Crippen LogP) is 1.79. The molecule has 68 valence electrons. The average Bonchev–Trinajstić information content (AvgIpc) is 2.09. The molecule has 0 saturated heterocycles. The van der Waals surface area contributed by atoms with Crippen molar-refractivity contribution in [1.82, 2.24) is 0 Å². The largest absolute Gasteiger partial charge is 0.381 e. The van der Waals surface area contributed by atoms with Gasteiger partial charge in [0, 0.05) is 25.9 Å². The molecule has 0 saturated carbocycles. The van der Waals surface area contributed by atoms with Crippen molar-refractivity contribution < 1.29 is 9.53 Å². The quantitative estimate of drug-likeness (QED) is 0.428. The molecule has 0 N–H and O–H groups in total. The normalized spacial score (nSPS) is 9.33. The Morgan fingerprint density at radius 3 is 2.75 bits per heavy atom. The van der Waals surface area contributed by atoms with Crippen LogP contribution in [0, 0.1) is 12.3 Å². The van der Waals surface area contributed by atoms with Crippen LogP contribution in [0.5, 0.6) is 0 Å². The third-order valence-corrected chi connectivity index (χ3v) is 1.42. The first-order valence-corrected chi connectivity index (χ1v) is 4.34. The van der Waals surface area contributed by atoms with Gasteiger partial charge >= 0.3 is 0 Å². The summed E-state index contributed by atoms with van der Waals surface area (Å²) in [5.74, 6) is 2.64. The molecule has 0 aromatic carbocycles. The number of rotatable bonds is 7. The van der Waals surface area contributed by atoms with E-state index >= 15 is 0 Å². The number of ether oxygens (including phenoxy) is 1. The van der Waals surface area contributed by atoms with Crippen LogP contribution in [0.4, 0.5) is 0 Å². The maximum Gasteiger partial charge on any atom is 0.136 e. The number of hydrogen-bond donors (Lipinski definition) is 0. The van der Waals surface area contributed by atoms with E-state index in [1.54, 1.807) is 0 Å². The molecular weight excluding hydrogens is 152 g/mol. The van der Waals surface area contributed by atoms with Crippen molar-refractivity contribution in [3.05, 3.63) is 0 Å². The lowest BCUT2D eigenvalue weighted by atomic mass is 10.2. The average molecular weight is 168 g/mol. The van der Waals surface area contributed by atoms with E-state index in [2.05, 4.69) is 5.92 Å². The Hall–Kier alpha value is -0.810. The van der Waals surface area contributed by atoms with Crippen molar-refractivity contribution in [3.8, 4) is 12.3 Å². The van der Waals surface area contributed by atoms with Crippen LogP contribution in [0.2, 0.25) is 0 Å². The Morgan fingerprint density at radius 2 is 2.17 bits per heavy atom. The smallest absolute Gasteiger partial charge is 0.136 e. The molecule has 0 bridgehead atoms. The van der Waals surface area contributed by atoms with Crippen molar-refractivity contribution >= 4 is 5.78 Å². The number of carbonyl (C=O) groups is 1. The van der Waals surface area contributed by atoms with E-state index in [1.807, 2.05) is 6.92 Å². The minimum Gasteiger partial charge on any atom is -0.381 e.